The Balaban J connectivity index is 1.70. The Morgan fingerprint density at radius 1 is 1.23 bits per heavy atom. The van der Waals surface area contributed by atoms with E-state index >= 15 is 0 Å². The first-order valence-electron chi connectivity index (χ1n) is 8.85. The molecule has 2 aromatic carbocycles. The summed E-state index contributed by atoms with van der Waals surface area (Å²) in [7, 11) is 0. The molecule has 5 nitrogen and oxygen atoms in total. The number of hydrogen-bond acceptors (Lipinski definition) is 3. The van der Waals surface area contributed by atoms with Crippen LogP contribution in [0.3, 0.4) is 0 Å². The van der Waals surface area contributed by atoms with Gasteiger partial charge in [0.25, 0.3) is 0 Å². The van der Waals surface area contributed by atoms with Crippen LogP contribution in [0, 0.1) is 11.3 Å². The molecule has 1 spiro atoms. The van der Waals surface area contributed by atoms with Gasteiger partial charge in [-0.05, 0) is 36.6 Å². The molecule has 1 N–H and O–H groups in total. The molecule has 2 aliphatic heterocycles. The van der Waals surface area contributed by atoms with Crippen molar-refractivity contribution in [2.75, 3.05) is 13.1 Å². The van der Waals surface area contributed by atoms with Crippen molar-refractivity contribution in [3.05, 3.63) is 65.2 Å². The molecule has 132 valence electrons. The van der Waals surface area contributed by atoms with Crippen molar-refractivity contribution in [1.29, 1.82) is 5.26 Å². The molecule has 0 saturated carbocycles. The number of amides is 1. The zero-order chi connectivity index (χ0) is 18.1. The summed E-state index contributed by atoms with van der Waals surface area (Å²) in [6, 6.07) is 18.0. The second-order valence-corrected chi connectivity index (χ2v) is 7.04. The van der Waals surface area contributed by atoms with E-state index in [0.717, 1.165) is 17.7 Å². The molecule has 0 bridgehead atoms. The summed E-state index contributed by atoms with van der Waals surface area (Å²) in [4.78, 5) is 12.8. The second-order valence-electron chi connectivity index (χ2n) is 7.04. The summed E-state index contributed by atoms with van der Waals surface area (Å²) in [5.74, 6) is 0.828. The van der Waals surface area contributed by atoms with Gasteiger partial charge in [-0.25, -0.2) is 4.79 Å². The molecule has 1 unspecified atom stereocenters. The number of carbonyl (C=O) groups is 1. The molecule has 5 heteroatoms. The molecule has 2 aromatic rings. The first-order valence-corrected chi connectivity index (χ1v) is 8.85. The van der Waals surface area contributed by atoms with Gasteiger partial charge < -0.3 is 14.7 Å². The predicted octanol–water partition coefficient (Wildman–Crippen LogP) is 3.57. The van der Waals surface area contributed by atoms with Gasteiger partial charge in [-0.2, -0.15) is 5.26 Å². The quantitative estimate of drug-likeness (QED) is 0.900. The van der Waals surface area contributed by atoms with Gasteiger partial charge >= 0.3 is 6.09 Å². The monoisotopic (exact) mass is 348 g/mol. The number of piperidine rings is 1. The third kappa shape index (κ3) is 2.68. The first kappa shape index (κ1) is 16.5. The zero-order valence-corrected chi connectivity index (χ0v) is 14.4. The fourth-order valence-corrected chi connectivity index (χ4v) is 4.28. The largest absolute Gasteiger partial charge is 0.489 e. The number of rotatable bonds is 2. The molecule has 0 aliphatic carbocycles. The van der Waals surface area contributed by atoms with Crippen molar-refractivity contribution in [2.45, 2.75) is 30.8 Å². The van der Waals surface area contributed by atoms with Crippen molar-refractivity contribution in [3.8, 4) is 11.8 Å². The fourth-order valence-electron chi connectivity index (χ4n) is 4.28. The van der Waals surface area contributed by atoms with E-state index in [2.05, 4.69) is 18.2 Å². The van der Waals surface area contributed by atoms with Crippen LogP contribution in [0.15, 0.2) is 48.5 Å². The summed E-state index contributed by atoms with van der Waals surface area (Å²) < 4.78 is 6.32. The van der Waals surface area contributed by atoms with Crippen LogP contribution < -0.4 is 4.74 Å². The number of fused-ring (bicyclic) bond motifs is 2. The first-order chi connectivity index (χ1) is 12.6. The summed E-state index contributed by atoms with van der Waals surface area (Å²) in [6.45, 7) is 0.973. The van der Waals surface area contributed by atoms with Gasteiger partial charge in [0, 0.05) is 30.5 Å². The molecule has 2 aliphatic rings. The van der Waals surface area contributed by atoms with E-state index in [-0.39, 0.29) is 11.5 Å². The maximum absolute atomic E-state index is 11.3. The molecular weight excluding hydrogens is 328 g/mol. The van der Waals surface area contributed by atoms with Crippen LogP contribution in [0.5, 0.6) is 5.75 Å². The number of carboxylic acid groups (broad SMARTS) is 1. The van der Waals surface area contributed by atoms with Crippen molar-refractivity contribution >= 4 is 6.09 Å². The van der Waals surface area contributed by atoms with E-state index in [1.54, 1.807) is 6.07 Å². The Labute approximate surface area is 152 Å². The van der Waals surface area contributed by atoms with Crippen LogP contribution in [-0.4, -0.2) is 35.3 Å². The summed E-state index contributed by atoms with van der Waals surface area (Å²) in [5.41, 5.74) is 2.63. The van der Waals surface area contributed by atoms with Crippen molar-refractivity contribution < 1.29 is 14.6 Å². The van der Waals surface area contributed by atoms with E-state index in [9.17, 15) is 15.2 Å². The second kappa shape index (κ2) is 6.38. The smallest absolute Gasteiger partial charge is 0.407 e. The molecule has 1 amide bonds. The Bertz CT molecular complexity index is 865. The number of ether oxygens (including phenoxy) is 1. The highest BCUT2D eigenvalue weighted by molar-refractivity contribution is 5.65. The molecule has 0 aromatic heterocycles. The molecule has 1 atom stereocenters. The van der Waals surface area contributed by atoms with Gasteiger partial charge in [-0.1, -0.05) is 30.3 Å². The average Bonchev–Trinajstić information content (AvgIpc) is 2.95. The maximum atomic E-state index is 11.3. The average molecular weight is 348 g/mol. The van der Waals surface area contributed by atoms with Crippen LogP contribution in [0.1, 0.15) is 29.5 Å². The standard InChI is InChI=1S/C21H20N2O3/c22-14-16-6-7-18-17(12-16)21(8-10-23(11-9-21)20(24)25)19(26-18)13-15-4-2-1-3-5-15/h1-7,12,19H,8-11,13H2,(H,24,25). The molecular formula is C21H20N2O3. The molecule has 4 rings (SSSR count). The predicted molar refractivity (Wildman–Crippen MR) is 96.2 cm³/mol. The topological polar surface area (TPSA) is 73.6 Å². The lowest BCUT2D eigenvalue weighted by atomic mass is 9.68. The number of likely N-dealkylation sites (tertiary alicyclic amines) is 1. The highest BCUT2D eigenvalue weighted by Gasteiger charge is 2.50. The molecule has 26 heavy (non-hydrogen) atoms. The van der Waals surface area contributed by atoms with Crippen LogP contribution in [-0.2, 0) is 11.8 Å². The lowest BCUT2D eigenvalue weighted by Gasteiger charge is -2.41. The Hall–Kier alpha value is -3.00. The number of benzene rings is 2. The SMILES string of the molecule is N#Cc1ccc2c(c1)C1(CCN(C(=O)O)CC1)C(Cc1ccccc1)O2. The fraction of sp³-hybridized carbons (Fsp3) is 0.333. The van der Waals surface area contributed by atoms with Crippen LogP contribution in [0.4, 0.5) is 4.79 Å². The van der Waals surface area contributed by atoms with Crippen LogP contribution >= 0.6 is 0 Å². The summed E-state index contributed by atoms with van der Waals surface area (Å²) in [5, 5.41) is 18.6. The number of nitrogens with zero attached hydrogens (tertiary/aromatic N) is 2. The normalized spacial score (nSPS) is 20.3. The van der Waals surface area contributed by atoms with E-state index in [1.165, 1.54) is 10.5 Å². The Morgan fingerprint density at radius 2 is 1.96 bits per heavy atom. The van der Waals surface area contributed by atoms with Gasteiger partial charge in [-0.15, -0.1) is 0 Å². The molecule has 2 heterocycles. The lowest BCUT2D eigenvalue weighted by Crippen LogP contribution is -2.50. The van der Waals surface area contributed by atoms with Gasteiger partial charge in [-0.3, -0.25) is 0 Å². The van der Waals surface area contributed by atoms with E-state index < -0.39 is 6.09 Å². The highest BCUT2D eigenvalue weighted by atomic mass is 16.5. The van der Waals surface area contributed by atoms with Crippen molar-refractivity contribution in [3.63, 3.8) is 0 Å². The lowest BCUT2D eigenvalue weighted by molar-refractivity contribution is 0.0722. The Kier molecular flexibility index (Phi) is 4.04. The highest BCUT2D eigenvalue weighted by Crippen LogP contribution is 2.50. The van der Waals surface area contributed by atoms with Crippen molar-refractivity contribution in [2.24, 2.45) is 0 Å². The molecule has 1 fully saturated rings. The zero-order valence-electron chi connectivity index (χ0n) is 14.4. The number of hydrogen-bond donors (Lipinski definition) is 1. The van der Waals surface area contributed by atoms with Gasteiger partial charge in [0.2, 0.25) is 0 Å². The summed E-state index contributed by atoms with van der Waals surface area (Å²) >= 11 is 0. The minimum absolute atomic E-state index is 0.0511. The molecule has 1 saturated heterocycles. The van der Waals surface area contributed by atoms with E-state index in [4.69, 9.17) is 4.74 Å². The minimum atomic E-state index is -0.871. The van der Waals surface area contributed by atoms with Crippen LogP contribution in [0.25, 0.3) is 0 Å². The van der Waals surface area contributed by atoms with E-state index in [1.807, 2.05) is 30.3 Å². The van der Waals surface area contributed by atoms with Gasteiger partial charge in [0.05, 0.1) is 11.6 Å². The van der Waals surface area contributed by atoms with Crippen LogP contribution in [0.2, 0.25) is 0 Å². The minimum Gasteiger partial charge on any atom is -0.489 e. The Morgan fingerprint density at radius 3 is 2.62 bits per heavy atom. The summed E-state index contributed by atoms with van der Waals surface area (Å²) in [6.07, 6.45) is 1.26. The third-order valence-electron chi connectivity index (χ3n) is 5.72. The third-order valence-corrected chi connectivity index (χ3v) is 5.72. The number of nitriles is 1. The van der Waals surface area contributed by atoms with Gasteiger partial charge in [0.15, 0.2) is 0 Å². The van der Waals surface area contributed by atoms with Crippen molar-refractivity contribution in [1.82, 2.24) is 4.90 Å². The van der Waals surface area contributed by atoms with E-state index in [0.29, 0.717) is 31.5 Å². The van der Waals surface area contributed by atoms with Gasteiger partial charge in [0.1, 0.15) is 11.9 Å². The molecule has 0 radical (unpaired) electrons. The maximum Gasteiger partial charge on any atom is 0.407 e.